The van der Waals surface area contributed by atoms with Crippen molar-refractivity contribution in [3.05, 3.63) is 26.5 Å². The average molecular weight is 364 g/mol. The molecule has 1 atom stereocenters. The molecule has 0 unspecified atom stereocenters. The van der Waals surface area contributed by atoms with Crippen LogP contribution in [0.2, 0.25) is 4.34 Å². The van der Waals surface area contributed by atoms with Crippen LogP contribution in [0.4, 0.5) is 0 Å². The number of nitrogens with zero attached hydrogens (tertiary/aromatic N) is 3. The molecule has 114 valence electrons. The largest absolute Gasteiger partial charge is 0.252 e. The van der Waals surface area contributed by atoms with Gasteiger partial charge in [-0.05, 0) is 31.9 Å². The van der Waals surface area contributed by atoms with Gasteiger partial charge in [0.1, 0.15) is 14.2 Å². The van der Waals surface area contributed by atoms with E-state index in [0.717, 1.165) is 34.2 Å². The van der Waals surface area contributed by atoms with E-state index in [-0.39, 0.29) is 5.92 Å². The lowest BCUT2D eigenvalue weighted by molar-refractivity contribution is 0.315. The van der Waals surface area contributed by atoms with Gasteiger partial charge in [-0.3, -0.25) is 0 Å². The van der Waals surface area contributed by atoms with Gasteiger partial charge in [-0.15, -0.1) is 32.9 Å². The monoisotopic (exact) mass is 363 g/mol. The Morgan fingerprint density at radius 3 is 2.76 bits per heavy atom. The molecule has 1 fully saturated rings. The molecule has 0 radical (unpaired) electrons. The minimum atomic E-state index is -3.45. The van der Waals surface area contributed by atoms with Gasteiger partial charge in [0.15, 0.2) is 0 Å². The first kappa shape index (κ1) is 15.4. The molecule has 0 aliphatic carbocycles. The second kappa shape index (κ2) is 5.92. The third-order valence-corrected chi connectivity index (χ3v) is 7.98. The number of hydrogen-bond donors (Lipinski definition) is 0. The summed E-state index contributed by atoms with van der Waals surface area (Å²) in [4.78, 5) is 0. The van der Waals surface area contributed by atoms with Crippen LogP contribution in [-0.4, -0.2) is 36.0 Å². The first-order chi connectivity index (χ1) is 9.96. The maximum absolute atomic E-state index is 12.6. The molecule has 1 aliphatic heterocycles. The van der Waals surface area contributed by atoms with Crippen LogP contribution in [-0.2, 0) is 10.0 Å². The summed E-state index contributed by atoms with van der Waals surface area (Å²) in [6.07, 6.45) is 1.79. The van der Waals surface area contributed by atoms with Gasteiger partial charge in [-0.2, -0.15) is 4.31 Å². The van der Waals surface area contributed by atoms with E-state index in [1.54, 1.807) is 27.8 Å². The van der Waals surface area contributed by atoms with Gasteiger partial charge >= 0.3 is 0 Å². The molecule has 0 N–H and O–H groups in total. The molecule has 0 aromatic carbocycles. The topological polar surface area (TPSA) is 63.2 Å². The van der Waals surface area contributed by atoms with Gasteiger partial charge in [0, 0.05) is 19.0 Å². The lowest BCUT2D eigenvalue weighted by Crippen LogP contribution is -2.38. The van der Waals surface area contributed by atoms with E-state index in [9.17, 15) is 8.42 Å². The zero-order valence-electron chi connectivity index (χ0n) is 11.3. The van der Waals surface area contributed by atoms with Crippen LogP contribution in [0.25, 0.3) is 0 Å². The SMILES string of the molecule is Cc1nnc([C@@H]2CCCN(S(=O)(=O)c3ccc(Cl)s3)C2)s1. The van der Waals surface area contributed by atoms with E-state index in [1.165, 1.54) is 0 Å². The fraction of sp³-hybridized carbons (Fsp3) is 0.500. The summed E-state index contributed by atoms with van der Waals surface area (Å²) in [7, 11) is -3.45. The molecule has 0 spiro atoms. The third-order valence-electron chi connectivity index (χ3n) is 3.42. The van der Waals surface area contributed by atoms with E-state index in [0.29, 0.717) is 21.6 Å². The van der Waals surface area contributed by atoms with Crippen LogP contribution in [0.3, 0.4) is 0 Å². The van der Waals surface area contributed by atoms with Crippen molar-refractivity contribution >= 4 is 44.3 Å². The van der Waals surface area contributed by atoms with Crippen molar-refractivity contribution in [1.29, 1.82) is 0 Å². The number of sulfonamides is 1. The number of aromatic nitrogens is 2. The minimum absolute atomic E-state index is 0.134. The number of halogens is 1. The van der Waals surface area contributed by atoms with Gasteiger partial charge in [0.25, 0.3) is 10.0 Å². The van der Waals surface area contributed by atoms with Crippen molar-refractivity contribution in [1.82, 2.24) is 14.5 Å². The highest BCUT2D eigenvalue weighted by molar-refractivity contribution is 7.91. The zero-order chi connectivity index (χ0) is 15.0. The molecule has 0 amide bonds. The molecule has 9 heteroatoms. The van der Waals surface area contributed by atoms with Gasteiger partial charge < -0.3 is 0 Å². The highest BCUT2D eigenvalue weighted by Gasteiger charge is 2.33. The molecule has 1 saturated heterocycles. The van der Waals surface area contributed by atoms with Crippen molar-refractivity contribution in [2.75, 3.05) is 13.1 Å². The Morgan fingerprint density at radius 2 is 2.14 bits per heavy atom. The van der Waals surface area contributed by atoms with E-state index in [4.69, 9.17) is 11.6 Å². The number of hydrogen-bond acceptors (Lipinski definition) is 6. The standard InChI is InChI=1S/C12H14ClN3O2S3/c1-8-14-15-12(19-8)9-3-2-6-16(7-9)21(17,18)11-5-4-10(13)20-11/h4-5,9H,2-3,6-7H2,1H3/t9-/m1/s1. The van der Waals surface area contributed by atoms with Crippen molar-refractivity contribution in [3.8, 4) is 0 Å². The van der Waals surface area contributed by atoms with Crippen molar-refractivity contribution in [2.24, 2.45) is 0 Å². The fourth-order valence-corrected chi connectivity index (χ4v) is 6.39. The van der Waals surface area contributed by atoms with Crippen molar-refractivity contribution in [3.63, 3.8) is 0 Å². The molecule has 3 heterocycles. The molecule has 21 heavy (non-hydrogen) atoms. The summed E-state index contributed by atoms with van der Waals surface area (Å²) in [5, 5.41) is 10.0. The van der Waals surface area contributed by atoms with E-state index < -0.39 is 10.0 Å². The Morgan fingerprint density at radius 1 is 1.33 bits per heavy atom. The molecule has 0 saturated carbocycles. The molecule has 2 aromatic heterocycles. The zero-order valence-corrected chi connectivity index (χ0v) is 14.5. The third kappa shape index (κ3) is 3.14. The first-order valence-electron chi connectivity index (χ1n) is 6.52. The Balaban J connectivity index is 1.83. The lowest BCUT2D eigenvalue weighted by Gasteiger charge is -2.30. The summed E-state index contributed by atoms with van der Waals surface area (Å²) < 4.78 is 27.6. The highest BCUT2D eigenvalue weighted by Crippen LogP contribution is 2.34. The smallest absolute Gasteiger partial charge is 0.206 e. The predicted octanol–water partition coefficient (Wildman–Crippen LogP) is 3.13. The molecule has 5 nitrogen and oxygen atoms in total. The summed E-state index contributed by atoms with van der Waals surface area (Å²) in [6.45, 7) is 2.92. The molecular formula is C12H14ClN3O2S3. The number of thiophene rings is 1. The van der Waals surface area contributed by atoms with Crippen LogP contribution in [0.15, 0.2) is 16.3 Å². The van der Waals surface area contributed by atoms with Crippen LogP contribution < -0.4 is 0 Å². The Hall–Kier alpha value is -0.540. The molecule has 1 aliphatic rings. The Bertz CT molecular complexity index is 741. The highest BCUT2D eigenvalue weighted by atomic mass is 35.5. The summed E-state index contributed by atoms with van der Waals surface area (Å²) >= 11 is 8.50. The Kier molecular flexibility index (Phi) is 4.33. The maximum Gasteiger partial charge on any atom is 0.252 e. The Labute approximate surface area is 136 Å². The van der Waals surface area contributed by atoms with E-state index in [1.807, 2.05) is 6.92 Å². The van der Waals surface area contributed by atoms with Gasteiger partial charge in [0.2, 0.25) is 0 Å². The second-order valence-electron chi connectivity index (χ2n) is 4.92. The van der Waals surface area contributed by atoms with Crippen molar-refractivity contribution in [2.45, 2.75) is 29.9 Å². The van der Waals surface area contributed by atoms with Gasteiger partial charge in [-0.1, -0.05) is 11.6 Å². The normalized spacial score (nSPS) is 20.8. The molecule has 3 rings (SSSR count). The van der Waals surface area contributed by atoms with E-state index >= 15 is 0 Å². The predicted molar refractivity (Wildman–Crippen MR) is 84.7 cm³/mol. The van der Waals surface area contributed by atoms with Crippen LogP contribution in [0.1, 0.15) is 28.8 Å². The van der Waals surface area contributed by atoms with Crippen LogP contribution in [0.5, 0.6) is 0 Å². The minimum Gasteiger partial charge on any atom is -0.206 e. The quantitative estimate of drug-likeness (QED) is 0.840. The summed E-state index contributed by atoms with van der Waals surface area (Å²) in [6, 6.07) is 3.19. The molecule has 2 aromatic rings. The lowest BCUT2D eigenvalue weighted by atomic mass is 10.0. The maximum atomic E-state index is 12.6. The fourth-order valence-electron chi connectivity index (χ4n) is 2.40. The number of rotatable bonds is 3. The van der Waals surface area contributed by atoms with Gasteiger partial charge in [0.05, 0.1) is 4.34 Å². The second-order valence-corrected chi connectivity index (χ2v) is 10.0. The summed E-state index contributed by atoms with van der Waals surface area (Å²) in [5.74, 6) is 0.134. The van der Waals surface area contributed by atoms with Crippen LogP contribution >= 0.6 is 34.3 Å². The molecule has 0 bridgehead atoms. The number of piperidine rings is 1. The number of aryl methyl sites for hydroxylation is 1. The first-order valence-corrected chi connectivity index (χ1v) is 9.97. The van der Waals surface area contributed by atoms with Gasteiger partial charge in [-0.25, -0.2) is 8.42 Å². The van der Waals surface area contributed by atoms with E-state index in [2.05, 4.69) is 10.2 Å². The van der Waals surface area contributed by atoms with Crippen LogP contribution in [0, 0.1) is 6.92 Å². The molecular weight excluding hydrogens is 350 g/mol. The summed E-state index contributed by atoms with van der Waals surface area (Å²) in [5.41, 5.74) is 0. The van der Waals surface area contributed by atoms with Crippen molar-refractivity contribution < 1.29 is 8.42 Å². The average Bonchev–Trinajstić information content (AvgIpc) is 3.08.